The van der Waals surface area contributed by atoms with Gasteiger partial charge in [0, 0.05) is 0 Å². The quantitative estimate of drug-likeness (QED) is 0.255. The topological polar surface area (TPSA) is 97.3 Å². The Morgan fingerprint density at radius 1 is 0.895 bits per heavy atom. The highest BCUT2D eigenvalue weighted by atomic mass is 32.2. The van der Waals surface area contributed by atoms with Crippen molar-refractivity contribution >= 4 is 27.8 Å². The summed E-state index contributed by atoms with van der Waals surface area (Å²) in [7, 11) is -4.01. The van der Waals surface area contributed by atoms with Crippen LogP contribution in [0.25, 0.3) is 0 Å². The maximum atomic E-state index is 13.6. The summed E-state index contributed by atoms with van der Waals surface area (Å²) < 4.78 is 39.7. The fraction of sp³-hybridized carbons (Fsp3) is 0.310. The molecule has 3 rings (SSSR count). The summed E-state index contributed by atoms with van der Waals surface area (Å²) >= 11 is 0. The summed E-state index contributed by atoms with van der Waals surface area (Å²) in [5, 5.41) is 4.04. The Hall–Kier alpha value is -3.85. The molecule has 0 saturated heterocycles. The highest BCUT2D eigenvalue weighted by molar-refractivity contribution is 7.92. The van der Waals surface area contributed by atoms with Crippen LogP contribution in [-0.2, 0) is 14.8 Å². The van der Waals surface area contributed by atoms with Gasteiger partial charge in [-0.25, -0.2) is 13.8 Å². The van der Waals surface area contributed by atoms with Crippen molar-refractivity contribution in [2.45, 2.75) is 45.9 Å². The number of rotatable bonds is 12. The molecule has 38 heavy (non-hydrogen) atoms. The summed E-state index contributed by atoms with van der Waals surface area (Å²) in [6.07, 6.45) is 2.35. The van der Waals surface area contributed by atoms with E-state index in [0.29, 0.717) is 36.0 Å². The minimum atomic E-state index is -4.01. The van der Waals surface area contributed by atoms with Crippen LogP contribution in [0.3, 0.4) is 0 Å². The van der Waals surface area contributed by atoms with E-state index < -0.39 is 22.5 Å². The number of ether oxygens (including phenoxy) is 2. The number of aryl methyl sites for hydroxylation is 3. The zero-order valence-electron chi connectivity index (χ0n) is 22.5. The Kier molecular flexibility index (Phi) is 9.90. The van der Waals surface area contributed by atoms with E-state index in [0.717, 1.165) is 27.4 Å². The van der Waals surface area contributed by atoms with Gasteiger partial charge in [0.15, 0.2) is 11.5 Å². The third kappa shape index (κ3) is 7.58. The number of hydrogen-bond acceptors (Lipinski definition) is 6. The van der Waals surface area contributed by atoms with E-state index in [9.17, 15) is 13.2 Å². The van der Waals surface area contributed by atoms with Gasteiger partial charge in [-0.3, -0.25) is 9.10 Å². The molecule has 1 amide bonds. The van der Waals surface area contributed by atoms with Crippen molar-refractivity contribution in [2.24, 2.45) is 5.10 Å². The van der Waals surface area contributed by atoms with E-state index in [1.807, 2.05) is 40.7 Å². The number of amides is 1. The number of benzene rings is 3. The average molecular weight is 538 g/mol. The lowest BCUT2D eigenvalue weighted by Gasteiger charge is -2.24. The van der Waals surface area contributed by atoms with Crippen molar-refractivity contribution in [3.05, 3.63) is 82.9 Å². The number of hydrogen-bond donors (Lipinski definition) is 1. The lowest BCUT2D eigenvalue weighted by atomic mass is 10.1. The monoisotopic (exact) mass is 537 g/mol. The maximum Gasteiger partial charge on any atom is 0.264 e. The molecule has 0 atom stereocenters. The lowest BCUT2D eigenvalue weighted by Crippen LogP contribution is -2.39. The van der Waals surface area contributed by atoms with Gasteiger partial charge in [0.25, 0.3) is 15.9 Å². The molecule has 0 saturated carbocycles. The molecule has 8 nitrogen and oxygen atoms in total. The highest BCUT2D eigenvalue weighted by Crippen LogP contribution is 2.28. The van der Waals surface area contributed by atoms with E-state index in [1.54, 1.807) is 54.6 Å². The van der Waals surface area contributed by atoms with Crippen molar-refractivity contribution in [3.8, 4) is 11.5 Å². The summed E-state index contributed by atoms with van der Waals surface area (Å²) in [6.45, 7) is 10.2. The van der Waals surface area contributed by atoms with Gasteiger partial charge in [-0.05, 0) is 93.3 Å². The van der Waals surface area contributed by atoms with Gasteiger partial charge < -0.3 is 9.47 Å². The molecule has 202 valence electrons. The Balaban J connectivity index is 1.82. The van der Waals surface area contributed by atoms with Crippen LogP contribution in [0.15, 0.2) is 70.7 Å². The van der Waals surface area contributed by atoms with Gasteiger partial charge in [0.05, 0.1) is 30.0 Å². The van der Waals surface area contributed by atoms with Crippen LogP contribution in [0.1, 0.15) is 42.5 Å². The summed E-state index contributed by atoms with van der Waals surface area (Å²) in [6, 6.07) is 17.3. The average Bonchev–Trinajstić information content (AvgIpc) is 2.86. The van der Waals surface area contributed by atoms with E-state index in [1.165, 1.54) is 6.21 Å². The van der Waals surface area contributed by atoms with Crippen LogP contribution >= 0.6 is 0 Å². The standard InChI is InChI=1S/C29H35N3O5S/c1-6-14-37-27-13-10-24(18-28(27)36-7-2)19-30-31-29(33)20-32(25-16-22(4)15-23(5)17-25)38(34,35)26-11-8-21(3)9-12-26/h8-13,15-19H,6-7,14,20H2,1-5H3,(H,31,33)/b30-19-. The largest absolute Gasteiger partial charge is 0.490 e. The smallest absolute Gasteiger partial charge is 0.264 e. The first kappa shape index (κ1) is 28.7. The number of carbonyl (C=O) groups excluding carboxylic acids is 1. The van der Waals surface area contributed by atoms with E-state index in [4.69, 9.17) is 9.47 Å². The Morgan fingerprint density at radius 2 is 1.58 bits per heavy atom. The molecule has 1 N–H and O–H groups in total. The van der Waals surface area contributed by atoms with Gasteiger partial charge in [-0.1, -0.05) is 30.7 Å². The van der Waals surface area contributed by atoms with Crippen molar-refractivity contribution in [1.82, 2.24) is 5.43 Å². The normalized spacial score (nSPS) is 11.4. The first-order chi connectivity index (χ1) is 18.1. The first-order valence-electron chi connectivity index (χ1n) is 12.5. The second kappa shape index (κ2) is 13.1. The van der Waals surface area contributed by atoms with E-state index >= 15 is 0 Å². The molecule has 0 bridgehead atoms. The van der Waals surface area contributed by atoms with Crippen molar-refractivity contribution in [3.63, 3.8) is 0 Å². The predicted molar refractivity (Wildman–Crippen MR) is 151 cm³/mol. The van der Waals surface area contributed by atoms with Crippen LogP contribution < -0.4 is 19.2 Å². The van der Waals surface area contributed by atoms with Gasteiger partial charge in [-0.2, -0.15) is 5.10 Å². The minimum Gasteiger partial charge on any atom is -0.490 e. The van der Waals surface area contributed by atoms with Crippen LogP contribution in [-0.4, -0.2) is 40.3 Å². The Bertz CT molecular complexity index is 1370. The van der Waals surface area contributed by atoms with Gasteiger partial charge in [0.2, 0.25) is 0 Å². The molecule has 0 aliphatic heterocycles. The first-order valence-corrected chi connectivity index (χ1v) is 14.0. The molecule has 0 fully saturated rings. The fourth-order valence-corrected chi connectivity index (χ4v) is 5.20. The molecule has 0 unspecified atom stereocenters. The number of nitrogens with zero attached hydrogens (tertiary/aromatic N) is 2. The zero-order valence-corrected chi connectivity index (χ0v) is 23.3. The van der Waals surface area contributed by atoms with E-state index in [2.05, 4.69) is 10.5 Å². The fourth-order valence-electron chi connectivity index (χ4n) is 3.80. The van der Waals surface area contributed by atoms with Crippen LogP contribution in [0, 0.1) is 20.8 Å². The molecule has 3 aromatic carbocycles. The SMILES string of the molecule is CCCOc1ccc(/C=N\NC(=O)CN(c2cc(C)cc(C)c2)S(=O)(=O)c2ccc(C)cc2)cc1OCC. The third-order valence-corrected chi connectivity index (χ3v) is 7.31. The van der Waals surface area contributed by atoms with Gasteiger partial charge >= 0.3 is 0 Å². The molecular weight excluding hydrogens is 502 g/mol. The van der Waals surface area contributed by atoms with Crippen molar-refractivity contribution in [1.29, 1.82) is 0 Å². The molecule has 0 aliphatic carbocycles. The lowest BCUT2D eigenvalue weighted by molar-refractivity contribution is -0.119. The molecule has 0 aliphatic rings. The maximum absolute atomic E-state index is 13.6. The Labute approximate surface area is 225 Å². The number of sulfonamides is 1. The molecule has 3 aromatic rings. The second-order valence-corrected chi connectivity index (χ2v) is 10.8. The van der Waals surface area contributed by atoms with E-state index in [-0.39, 0.29) is 4.90 Å². The second-order valence-electron chi connectivity index (χ2n) is 8.95. The minimum absolute atomic E-state index is 0.104. The third-order valence-electron chi connectivity index (χ3n) is 5.52. The van der Waals surface area contributed by atoms with Crippen molar-refractivity contribution in [2.75, 3.05) is 24.1 Å². The number of anilines is 1. The molecule has 0 aromatic heterocycles. The van der Waals surface area contributed by atoms with Crippen LogP contribution in [0.4, 0.5) is 5.69 Å². The summed E-state index contributed by atoms with van der Waals surface area (Å²) in [4.78, 5) is 13.0. The number of carbonyl (C=O) groups is 1. The summed E-state index contributed by atoms with van der Waals surface area (Å²) in [5.41, 5.74) is 6.26. The molecular formula is C29H35N3O5S. The van der Waals surface area contributed by atoms with Crippen LogP contribution in [0.2, 0.25) is 0 Å². The highest BCUT2D eigenvalue weighted by Gasteiger charge is 2.27. The van der Waals surface area contributed by atoms with Crippen LogP contribution in [0.5, 0.6) is 11.5 Å². The molecule has 0 heterocycles. The predicted octanol–water partition coefficient (Wildman–Crippen LogP) is 5.14. The molecule has 0 spiro atoms. The summed E-state index contributed by atoms with van der Waals surface area (Å²) in [5.74, 6) is 0.644. The number of nitrogens with one attached hydrogen (secondary N) is 1. The van der Waals surface area contributed by atoms with Gasteiger partial charge in [0.1, 0.15) is 6.54 Å². The zero-order chi connectivity index (χ0) is 27.7. The van der Waals surface area contributed by atoms with Gasteiger partial charge in [-0.15, -0.1) is 0 Å². The number of hydrazone groups is 1. The molecule has 9 heteroatoms. The van der Waals surface area contributed by atoms with Crippen molar-refractivity contribution < 1.29 is 22.7 Å². The molecule has 0 radical (unpaired) electrons. The Morgan fingerprint density at radius 3 is 2.21 bits per heavy atom.